The molecule has 0 saturated carbocycles. The summed E-state index contributed by atoms with van der Waals surface area (Å²) in [7, 11) is 0. The summed E-state index contributed by atoms with van der Waals surface area (Å²) in [5.41, 5.74) is 3.88. The summed E-state index contributed by atoms with van der Waals surface area (Å²) in [5, 5.41) is 3.01. The van der Waals surface area contributed by atoms with E-state index in [9.17, 15) is 4.79 Å². The van der Waals surface area contributed by atoms with Crippen molar-refractivity contribution in [1.29, 1.82) is 0 Å². The van der Waals surface area contributed by atoms with E-state index in [1.54, 1.807) is 0 Å². The van der Waals surface area contributed by atoms with Crippen molar-refractivity contribution in [1.82, 2.24) is 14.9 Å². The van der Waals surface area contributed by atoms with E-state index in [-0.39, 0.29) is 6.03 Å². The number of aromatic nitrogens is 2. The van der Waals surface area contributed by atoms with Crippen LogP contribution in [-0.2, 0) is 0 Å². The molecule has 1 aliphatic heterocycles. The number of carbonyl (C=O) groups is 1. The molecule has 0 aliphatic carbocycles. The van der Waals surface area contributed by atoms with Gasteiger partial charge in [0.2, 0.25) is 0 Å². The van der Waals surface area contributed by atoms with Crippen LogP contribution in [0.3, 0.4) is 0 Å². The molecular weight excluding hydrogens is 426 g/mol. The molecule has 1 aromatic heterocycles. The maximum atomic E-state index is 13.0. The third-order valence-corrected chi connectivity index (χ3v) is 6.02. The minimum Gasteiger partial charge on any atom is -0.492 e. The lowest BCUT2D eigenvalue weighted by molar-refractivity contribution is 0.208. The van der Waals surface area contributed by atoms with Gasteiger partial charge in [-0.15, -0.1) is 0 Å². The van der Waals surface area contributed by atoms with E-state index in [2.05, 4.69) is 31.0 Å². The summed E-state index contributed by atoms with van der Waals surface area (Å²) in [6.45, 7) is 11.6. The molecule has 2 amide bonds. The Morgan fingerprint density at radius 2 is 1.68 bits per heavy atom. The normalized spacial score (nSPS) is 13.8. The van der Waals surface area contributed by atoms with Crippen molar-refractivity contribution in [3.63, 3.8) is 0 Å². The van der Waals surface area contributed by atoms with Crippen LogP contribution in [0.4, 0.5) is 16.3 Å². The van der Waals surface area contributed by atoms with Crippen molar-refractivity contribution >= 4 is 17.5 Å². The summed E-state index contributed by atoms with van der Waals surface area (Å²) in [4.78, 5) is 26.9. The molecule has 1 fully saturated rings. The van der Waals surface area contributed by atoms with Gasteiger partial charge in [-0.05, 0) is 31.9 Å². The van der Waals surface area contributed by atoms with Crippen molar-refractivity contribution in [2.45, 2.75) is 33.6 Å². The number of benzene rings is 2. The molecule has 1 saturated heterocycles. The first-order chi connectivity index (χ1) is 16.5. The highest BCUT2D eigenvalue weighted by Crippen LogP contribution is 2.31. The highest BCUT2D eigenvalue weighted by molar-refractivity contribution is 5.91. The van der Waals surface area contributed by atoms with Crippen molar-refractivity contribution in [2.75, 3.05) is 43.0 Å². The van der Waals surface area contributed by atoms with Crippen LogP contribution in [-0.4, -0.2) is 53.7 Å². The van der Waals surface area contributed by atoms with Gasteiger partial charge in [-0.1, -0.05) is 56.3 Å². The number of carbonyl (C=O) groups excluding carboxylic acids is 1. The van der Waals surface area contributed by atoms with E-state index >= 15 is 0 Å². The predicted molar refractivity (Wildman–Crippen MR) is 137 cm³/mol. The molecule has 1 aliphatic rings. The average molecular weight is 460 g/mol. The number of nitrogens with one attached hydrogen (secondary N) is 1. The number of rotatable bonds is 6. The molecule has 2 heterocycles. The largest absolute Gasteiger partial charge is 0.492 e. The molecule has 7 heteroatoms. The summed E-state index contributed by atoms with van der Waals surface area (Å²) in [5.74, 6) is 2.70. The number of aryl methyl sites for hydroxylation is 1. The van der Waals surface area contributed by atoms with Crippen molar-refractivity contribution in [3.8, 4) is 17.1 Å². The lowest BCUT2D eigenvalue weighted by Crippen LogP contribution is -2.50. The van der Waals surface area contributed by atoms with Crippen LogP contribution in [0.15, 0.2) is 54.6 Å². The standard InChI is InChI=1S/C27H33N5O2/c1-5-34-23-14-10-9-13-22(23)29-27(33)32-17-15-31(16-18-32)26-24(19(2)3)20(4)28-25(30-26)21-11-7-6-8-12-21/h6-14,19H,5,15-18H2,1-4H3,(H,29,33). The van der Waals surface area contributed by atoms with Gasteiger partial charge in [-0.2, -0.15) is 0 Å². The van der Waals surface area contributed by atoms with Gasteiger partial charge in [-0.25, -0.2) is 14.8 Å². The molecule has 7 nitrogen and oxygen atoms in total. The molecule has 2 aromatic carbocycles. The second-order valence-corrected chi connectivity index (χ2v) is 8.72. The number of amides is 2. The summed E-state index contributed by atoms with van der Waals surface area (Å²) in [6.07, 6.45) is 0. The van der Waals surface area contributed by atoms with E-state index in [1.807, 2.05) is 66.4 Å². The van der Waals surface area contributed by atoms with Gasteiger partial charge in [0.15, 0.2) is 5.82 Å². The quantitative estimate of drug-likeness (QED) is 0.540. The first-order valence-corrected chi connectivity index (χ1v) is 11.9. The molecule has 34 heavy (non-hydrogen) atoms. The SMILES string of the molecule is CCOc1ccccc1NC(=O)N1CCN(c2nc(-c3ccccc3)nc(C)c2C(C)C)CC1. The maximum absolute atomic E-state index is 13.0. The number of hydrogen-bond donors (Lipinski definition) is 1. The molecule has 0 radical (unpaired) electrons. The highest BCUT2D eigenvalue weighted by atomic mass is 16.5. The highest BCUT2D eigenvalue weighted by Gasteiger charge is 2.26. The third-order valence-electron chi connectivity index (χ3n) is 6.02. The number of nitrogens with zero attached hydrogens (tertiary/aromatic N) is 4. The van der Waals surface area contributed by atoms with Crippen LogP contribution in [0, 0.1) is 6.92 Å². The fraction of sp³-hybridized carbons (Fsp3) is 0.370. The second kappa shape index (κ2) is 10.5. The Morgan fingerprint density at radius 1 is 1.00 bits per heavy atom. The van der Waals surface area contributed by atoms with Crippen LogP contribution in [0.2, 0.25) is 0 Å². The zero-order valence-corrected chi connectivity index (χ0v) is 20.4. The minimum atomic E-state index is -0.111. The summed E-state index contributed by atoms with van der Waals surface area (Å²) >= 11 is 0. The predicted octanol–water partition coefficient (Wildman–Crippen LogP) is 5.33. The number of anilines is 2. The van der Waals surface area contributed by atoms with Gasteiger partial charge in [0.25, 0.3) is 0 Å². The number of ether oxygens (including phenoxy) is 1. The van der Waals surface area contributed by atoms with E-state index in [0.29, 0.717) is 50.1 Å². The number of para-hydroxylation sites is 2. The van der Waals surface area contributed by atoms with E-state index in [1.165, 1.54) is 5.56 Å². The monoisotopic (exact) mass is 459 g/mol. The zero-order chi connectivity index (χ0) is 24.1. The van der Waals surface area contributed by atoms with Crippen molar-refractivity contribution in [3.05, 3.63) is 65.9 Å². The maximum Gasteiger partial charge on any atom is 0.322 e. The van der Waals surface area contributed by atoms with Gasteiger partial charge in [-0.3, -0.25) is 0 Å². The average Bonchev–Trinajstić information content (AvgIpc) is 2.85. The van der Waals surface area contributed by atoms with Crippen LogP contribution in [0.5, 0.6) is 5.75 Å². The molecule has 0 bridgehead atoms. The fourth-order valence-corrected chi connectivity index (χ4v) is 4.37. The number of hydrogen-bond acceptors (Lipinski definition) is 5. The summed E-state index contributed by atoms with van der Waals surface area (Å²) < 4.78 is 5.64. The first-order valence-electron chi connectivity index (χ1n) is 11.9. The number of piperazine rings is 1. The van der Waals surface area contributed by atoms with E-state index in [0.717, 1.165) is 22.9 Å². The lowest BCUT2D eigenvalue weighted by atomic mass is 10.0. The molecular formula is C27H33N5O2. The Balaban J connectivity index is 1.50. The summed E-state index contributed by atoms with van der Waals surface area (Å²) in [6, 6.07) is 17.5. The molecule has 0 atom stereocenters. The van der Waals surface area contributed by atoms with Gasteiger partial charge in [0, 0.05) is 43.0 Å². The van der Waals surface area contributed by atoms with Gasteiger partial charge < -0.3 is 19.9 Å². The zero-order valence-electron chi connectivity index (χ0n) is 20.4. The van der Waals surface area contributed by atoms with Crippen LogP contribution < -0.4 is 15.0 Å². The van der Waals surface area contributed by atoms with E-state index in [4.69, 9.17) is 14.7 Å². The van der Waals surface area contributed by atoms with Crippen LogP contribution in [0.25, 0.3) is 11.4 Å². The Bertz CT molecular complexity index is 1130. The van der Waals surface area contributed by atoms with Gasteiger partial charge in [0.05, 0.1) is 12.3 Å². The Hall–Kier alpha value is -3.61. The molecule has 178 valence electrons. The molecule has 0 unspecified atom stereocenters. The van der Waals surface area contributed by atoms with Crippen LogP contribution >= 0.6 is 0 Å². The third kappa shape index (κ3) is 5.14. The minimum absolute atomic E-state index is 0.111. The van der Waals surface area contributed by atoms with E-state index < -0.39 is 0 Å². The fourth-order valence-electron chi connectivity index (χ4n) is 4.37. The van der Waals surface area contributed by atoms with Crippen LogP contribution in [0.1, 0.15) is 37.9 Å². The molecule has 4 rings (SSSR count). The lowest BCUT2D eigenvalue weighted by Gasteiger charge is -2.37. The Labute approximate surface area is 201 Å². The second-order valence-electron chi connectivity index (χ2n) is 8.72. The van der Waals surface area contributed by atoms with Crippen molar-refractivity contribution < 1.29 is 9.53 Å². The molecule has 0 spiro atoms. The Morgan fingerprint density at radius 3 is 2.35 bits per heavy atom. The van der Waals surface area contributed by atoms with Gasteiger partial charge in [0.1, 0.15) is 11.6 Å². The Kier molecular flexibility index (Phi) is 7.30. The van der Waals surface area contributed by atoms with Gasteiger partial charge >= 0.3 is 6.03 Å². The van der Waals surface area contributed by atoms with Crippen molar-refractivity contribution in [2.24, 2.45) is 0 Å². The number of urea groups is 1. The molecule has 3 aromatic rings. The molecule has 1 N–H and O–H groups in total. The first kappa shape index (κ1) is 23.5. The topological polar surface area (TPSA) is 70.6 Å². The smallest absolute Gasteiger partial charge is 0.322 e.